The number of nitrogens with one attached hydrogen (secondary N) is 3. The number of urea groups is 1. The average Bonchev–Trinajstić information content (AvgIpc) is 3.38. The van der Waals surface area contributed by atoms with Gasteiger partial charge in [0.05, 0.1) is 6.04 Å². The van der Waals surface area contributed by atoms with Crippen LogP contribution in [0.4, 0.5) is 4.79 Å². The van der Waals surface area contributed by atoms with Gasteiger partial charge in [-0.05, 0) is 36.8 Å². The monoisotopic (exact) mass is 522 g/mol. The lowest BCUT2D eigenvalue weighted by atomic mass is 10.0. The quantitative estimate of drug-likeness (QED) is 0.337. The minimum absolute atomic E-state index is 0.120. The third-order valence-electron chi connectivity index (χ3n) is 7.08. The molecule has 0 spiro atoms. The van der Waals surface area contributed by atoms with E-state index in [9.17, 15) is 19.5 Å². The highest BCUT2D eigenvalue weighted by molar-refractivity contribution is 5.88. The summed E-state index contributed by atoms with van der Waals surface area (Å²) in [6.07, 6.45) is 8.36. The van der Waals surface area contributed by atoms with Crippen LogP contribution in [0.1, 0.15) is 73.9 Å². The van der Waals surface area contributed by atoms with Crippen molar-refractivity contribution >= 4 is 28.8 Å². The number of likely N-dealkylation sites (tertiary alicyclic amines) is 1. The van der Waals surface area contributed by atoms with Crippen molar-refractivity contribution in [1.29, 1.82) is 0 Å². The summed E-state index contributed by atoms with van der Waals surface area (Å²) in [6, 6.07) is 6.42. The lowest BCUT2D eigenvalue weighted by Crippen LogP contribution is -2.52. The van der Waals surface area contributed by atoms with Crippen LogP contribution in [0.25, 0.3) is 10.9 Å². The summed E-state index contributed by atoms with van der Waals surface area (Å²) >= 11 is 0. The van der Waals surface area contributed by atoms with Crippen LogP contribution >= 0.6 is 0 Å². The predicted molar refractivity (Wildman–Crippen MR) is 145 cm³/mol. The van der Waals surface area contributed by atoms with Gasteiger partial charge in [0.1, 0.15) is 11.9 Å². The topological polar surface area (TPSA) is 132 Å². The highest BCUT2D eigenvalue weighted by Crippen LogP contribution is 2.25. The first-order valence-electron chi connectivity index (χ1n) is 13.4. The molecule has 4 N–H and O–H groups in total. The molecule has 0 unspecified atom stereocenters. The molecule has 2 atom stereocenters. The maximum atomic E-state index is 13.6. The van der Waals surface area contributed by atoms with E-state index in [0.717, 1.165) is 42.1 Å². The predicted octanol–water partition coefficient (Wildman–Crippen LogP) is 4.00. The van der Waals surface area contributed by atoms with Gasteiger partial charge < -0.3 is 30.2 Å². The van der Waals surface area contributed by atoms with Gasteiger partial charge in [-0.15, -0.1) is 0 Å². The Kier molecular flexibility index (Phi) is 8.70. The molecule has 3 aromatic rings. The van der Waals surface area contributed by atoms with E-state index in [4.69, 9.17) is 0 Å². The number of carboxylic acid groups (broad SMARTS) is 1. The summed E-state index contributed by atoms with van der Waals surface area (Å²) in [7, 11) is 1.96. The van der Waals surface area contributed by atoms with Crippen LogP contribution in [0.3, 0.4) is 0 Å². The molecule has 0 aliphatic carbocycles. The van der Waals surface area contributed by atoms with E-state index < -0.39 is 18.1 Å². The molecular formula is C28H38N6O4. The summed E-state index contributed by atoms with van der Waals surface area (Å²) in [4.78, 5) is 47.2. The van der Waals surface area contributed by atoms with Gasteiger partial charge in [-0.3, -0.25) is 4.79 Å². The van der Waals surface area contributed by atoms with E-state index in [1.807, 2.05) is 55.9 Å². The van der Waals surface area contributed by atoms with Crippen LogP contribution in [0.5, 0.6) is 0 Å². The molecule has 4 rings (SSSR count). The van der Waals surface area contributed by atoms with Gasteiger partial charge >= 0.3 is 12.0 Å². The van der Waals surface area contributed by atoms with Crippen LogP contribution in [-0.2, 0) is 18.3 Å². The number of amides is 3. The van der Waals surface area contributed by atoms with Crippen LogP contribution < -0.4 is 10.6 Å². The summed E-state index contributed by atoms with van der Waals surface area (Å²) in [5.41, 5.74) is 1.93. The fourth-order valence-corrected chi connectivity index (χ4v) is 5.14. The number of imidazole rings is 1. The van der Waals surface area contributed by atoms with Gasteiger partial charge in [0, 0.05) is 49.9 Å². The molecule has 38 heavy (non-hydrogen) atoms. The van der Waals surface area contributed by atoms with Crippen LogP contribution in [0.15, 0.2) is 36.7 Å². The third-order valence-corrected chi connectivity index (χ3v) is 7.08. The van der Waals surface area contributed by atoms with Crippen LogP contribution in [-0.4, -0.2) is 61.6 Å². The van der Waals surface area contributed by atoms with Gasteiger partial charge in [0.25, 0.3) is 0 Å². The second-order valence-corrected chi connectivity index (χ2v) is 10.6. The maximum absolute atomic E-state index is 13.6. The Bertz CT molecular complexity index is 1270. The van der Waals surface area contributed by atoms with E-state index in [0.29, 0.717) is 31.8 Å². The molecule has 1 aliphatic heterocycles. The van der Waals surface area contributed by atoms with E-state index in [-0.39, 0.29) is 23.6 Å². The summed E-state index contributed by atoms with van der Waals surface area (Å²) in [5, 5.41) is 16.5. The first-order valence-corrected chi connectivity index (χ1v) is 13.4. The number of rotatable bonds is 9. The molecule has 1 fully saturated rings. The number of hydrogen-bond donors (Lipinski definition) is 4. The minimum Gasteiger partial charge on any atom is -0.476 e. The lowest BCUT2D eigenvalue weighted by molar-refractivity contribution is -0.124. The van der Waals surface area contributed by atoms with Crippen molar-refractivity contribution in [3.8, 4) is 0 Å². The van der Waals surface area contributed by atoms with E-state index >= 15 is 0 Å². The molecule has 0 radical (unpaired) electrons. The average molecular weight is 523 g/mol. The van der Waals surface area contributed by atoms with Crippen LogP contribution in [0, 0.1) is 5.92 Å². The number of carbonyl (C=O) groups is 3. The molecule has 10 heteroatoms. The van der Waals surface area contributed by atoms with Crippen molar-refractivity contribution in [2.75, 3.05) is 13.1 Å². The number of benzene rings is 1. The van der Waals surface area contributed by atoms with Gasteiger partial charge in [-0.1, -0.05) is 44.9 Å². The smallest absolute Gasteiger partial charge is 0.356 e. The number of aromatic carboxylic acids is 1. The van der Waals surface area contributed by atoms with E-state index in [1.165, 1.54) is 6.20 Å². The Balaban J connectivity index is 1.58. The Morgan fingerprint density at radius 1 is 1.08 bits per heavy atom. The molecule has 0 saturated carbocycles. The number of fused-ring (bicyclic) bond motifs is 1. The Hall–Kier alpha value is -3.82. The first kappa shape index (κ1) is 27.2. The largest absolute Gasteiger partial charge is 0.476 e. The summed E-state index contributed by atoms with van der Waals surface area (Å²) in [5.74, 6) is -0.940. The molecule has 2 aromatic heterocycles. The zero-order valence-electron chi connectivity index (χ0n) is 22.4. The molecular weight excluding hydrogens is 484 g/mol. The summed E-state index contributed by atoms with van der Waals surface area (Å²) in [6.45, 7) is 5.40. The van der Waals surface area contributed by atoms with Crippen molar-refractivity contribution in [3.63, 3.8) is 0 Å². The molecule has 1 aliphatic rings. The minimum atomic E-state index is -1.15. The maximum Gasteiger partial charge on any atom is 0.356 e. The highest BCUT2D eigenvalue weighted by Gasteiger charge is 2.29. The normalized spacial score (nSPS) is 15.7. The zero-order chi connectivity index (χ0) is 27.2. The number of para-hydroxylation sites is 1. The fraction of sp³-hybridized carbons (Fsp3) is 0.500. The molecule has 10 nitrogen and oxygen atoms in total. The first-order chi connectivity index (χ1) is 18.2. The van der Waals surface area contributed by atoms with Crippen molar-refractivity contribution < 1.29 is 19.5 Å². The van der Waals surface area contributed by atoms with Crippen molar-refractivity contribution in [1.82, 2.24) is 30.1 Å². The number of aromatic amines is 1. The molecule has 3 heterocycles. The standard InChI is InChI=1S/C28H38N6O4/c1-18(2)14-22(32-28(38)34-12-8-4-5-9-13-34)26(35)31-21(25-29-16-23(30-25)27(36)37)15-19-17-33(3)24-11-7-6-10-20(19)24/h6-7,10-11,16-18,21-22H,4-5,8-9,12-15H2,1-3H3,(H,29,30)(H,31,35)(H,32,38)(H,36,37)/t21-,22+/m1/s1. The second-order valence-electron chi connectivity index (χ2n) is 10.6. The number of carbonyl (C=O) groups excluding carboxylic acids is 2. The van der Waals surface area contributed by atoms with Crippen molar-refractivity contribution in [2.24, 2.45) is 13.0 Å². The van der Waals surface area contributed by atoms with Gasteiger partial charge in [0.15, 0.2) is 5.69 Å². The van der Waals surface area contributed by atoms with E-state index in [1.54, 1.807) is 4.90 Å². The Morgan fingerprint density at radius 2 is 1.79 bits per heavy atom. The Morgan fingerprint density at radius 3 is 2.45 bits per heavy atom. The molecule has 1 aromatic carbocycles. The number of aryl methyl sites for hydroxylation is 1. The Labute approximate surface area is 222 Å². The highest BCUT2D eigenvalue weighted by atomic mass is 16.4. The third kappa shape index (κ3) is 6.54. The van der Waals surface area contributed by atoms with Gasteiger partial charge in [-0.2, -0.15) is 0 Å². The second kappa shape index (κ2) is 12.1. The van der Waals surface area contributed by atoms with Gasteiger partial charge in [0.2, 0.25) is 5.91 Å². The number of aromatic nitrogens is 3. The zero-order valence-corrected chi connectivity index (χ0v) is 22.4. The van der Waals surface area contributed by atoms with Crippen LogP contribution in [0.2, 0.25) is 0 Å². The number of hydrogen-bond acceptors (Lipinski definition) is 4. The van der Waals surface area contributed by atoms with Crippen molar-refractivity contribution in [3.05, 3.63) is 53.7 Å². The summed E-state index contributed by atoms with van der Waals surface area (Å²) < 4.78 is 2.03. The molecule has 0 bridgehead atoms. The SMILES string of the molecule is CC(C)C[C@H](NC(=O)N1CCCCCC1)C(=O)N[C@H](Cc1cn(C)c2ccccc12)c1nc(C(=O)O)c[nH]1. The molecule has 3 amide bonds. The fourth-order valence-electron chi connectivity index (χ4n) is 5.14. The number of carboxylic acids is 1. The molecule has 1 saturated heterocycles. The lowest BCUT2D eigenvalue weighted by Gasteiger charge is -2.27. The van der Waals surface area contributed by atoms with Crippen molar-refractivity contribution in [2.45, 2.75) is 64.5 Å². The number of nitrogens with zero attached hydrogens (tertiary/aromatic N) is 3. The molecule has 204 valence electrons. The van der Waals surface area contributed by atoms with Gasteiger partial charge in [-0.25, -0.2) is 14.6 Å². The number of H-pyrrole nitrogens is 1. The van der Waals surface area contributed by atoms with E-state index in [2.05, 4.69) is 20.6 Å².